The number of nitro groups is 1. The van der Waals surface area contributed by atoms with Gasteiger partial charge in [-0.1, -0.05) is 0 Å². The Hall–Kier alpha value is -2.02. The fourth-order valence-electron chi connectivity index (χ4n) is 1.08. The van der Waals surface area contributed by atoms with Crippen molar-refractivity contribution >= 4 is 5.69 Å². The standard InChI is InChI=1S/C11H11NO3/c1-3-4-7-15-11-8-10(12(13)14)6-5-9(11)2/h1,5-6,8H,4,7H2,2H3. The number of nitrogens with zero attached hydrogens (tertiary/aromatic N) is 1. The molecule has 0 aliphatic carbocycles. The third-order valence-corrected chi connectivity index (χ3v) is 1.89. The Bertz CT molecular complexity index is 407. The molecule has 1 aromatic rings. The first kappa shape index (κ1) is 11.1. The Balaban J connectivity index is 2.82. The molecule has 0 unspecified atom stereocenters. The number of terminal acetylenes is 1. The number of ether oxygens (including phenoxy) is 1. The molecule has 15 heavy (non-hydrogen) atoms. The van der Waals surface area contributed by atoms with Crippen LogP contribution >= 0.6 is 0 Å². The fourth-order valence-corrected chi connectivity index (χ4v) is 1.08. The predicted octanol–water partition coefficient (Wildman–Crippen LogP) is 2.31. The summed E-state index contributed by atoms with van der Waals surface area (Å²) < 4.78 is 5.32. The third-order valence-electron chi connectivity index (χ3n) is 1.89. The number of hydrogen-bond donors (Lipinski definition) is 0. The molecule has 4 nitrogen and oxygen atoms in total. The second-order valence-corrected chi connectivity index (χ2v) is 3.01. The molecule has 1 aromatic carbocycles. The zero-order valence-corrected chi connectivity index (χ0v) is 8.40. The summed E-state index contributed by atoms with van der Waals surface area (Å²) in [7, 11) is 0. The van der Waals surface area contributed by atoms with Crippen molar-refractivity contribution in [1.82, 2.24) is 0 Å². The van der Waals surface area contributed by atoms with Gasteiger partial charge in [0.25, 0.3) is 5.69 Å². The summed E-state index contributed by atoms with van der Waals surface area (Å²) in [5.41, 5.74) is 0.883. The molecule has 0 heterocycles. The van der Waals surface area contributed by atoms with E-state index in [1.165, 1.54) is 12.1 Å². The molecule has 1 rings (SSSR count). The van der Waals surface area contributed by atoms with Crippen LogP contribution < -0.4 is 4.74 Å². The van der Waals surface area contributed by atoms with Gasteiger partial charge >= 0.3 is 0 Å². The van der Waals surface area contributed by atoms with Crippen molar-refractivity contribution < 1.29 is 9.66 Å². The maximum atomic E-state index is 10.5. The number of hydrogen-bond acceptors (Lipinski definition) is 3. The van der Waals surface area contributed by atoms with Crippen molar-refractivity contribution in [1.29, 1.82) is 0 Å². The molecule has 0 radical (unpaired) electrons. The Morgan fingerprint density at radius 2 is 2.33 bits per heavy atom. The first-order valence-electron chi connectivity index (χ1n) is 4.46. The van der Waals surface area contributed by atoms with Crippen LogP contribution in [0.4, 0.5) is 5.69 Å². The van der Waals surface area contributed by atoms with E-state index in [0.29, 0.717) is 18.8 Å². The van der Waals surface area contributed by atoms with Crippen LogP contribution in [-0.4, -0.2) is 11.5 Å². The normalized spacial score (nSPS) is 9.33. The first-order valence-corrected chi connectivity index (χ1v) is 4.46. The minimum atomic E-state index is -0.451. The van der Waals surface area contributed by atoms with Crippen molar-refractivity contribution in [2.75, 3.05) is 6.61 Å². The monoisotopic (exact) mass is 205 g/mol. The minimum Gasteiger partial charge on any atom is -0.492 e. The van der Waals surface area contributed by atoms with Crippen LogP contribution in [0, 0.1) is 29.4 Å². The van der Waals surface area contributed by atoms with E-state index in [2.05, 4.69) is 5.92 Å². The summed E-state index contributed by atoms with van der Waals surface area (Å²) in [6.07, 6.45) is 5.56. The maximum absolute atomic E-state index is 10.5. The lowest BCUT2D eigenvalue weighted by Gasteiger charge is -2.06. The van der Waals surface area contributed by atoms with Crippen LogP contribution in [0.25, 0.3) is 0 Å². The van der Waals surface area contributed by atoms with Crippen LogP contribution in [0.1, 0.15) is 12.0 Å². The highest BCUT2D eigenvalue weighted by Gasteiger charge is 2.08. The van der Waals surface area contributed by atoms with Gasteiger partial charge in [-0.2, -0.15) is 0 Å². The van der Waals surface area contributed by atoms with Gasteiger partial charge in [0.2, 0.25) is 0 Å². The molecule has 0 N–H and O–H groups in total. The molecule has 0 spiro atoms. The van der Waals surface area contributed by atoms with Crippen molar-refractivity contribution in [2.24, 2.45) is 0 Å². The first-order chi connectivity index (χ1) is 7.15. The Morgan fingerprint density at radius 1 is 1.60 bits per heavy atom. The summed E-state index contributed by atoms with van der Waals surface area (Å²) in [6.45, 7) is 2.20. The molecule has 0 bridgehead atoms. The second kappa shape index (κ2) is 5.01. The van der Waals surface area contributed by atoms with Gasteiger partial charge in [0.1, 0.15) is 5.75 Å². The van der Waals surface area contributed by atoms with Crippen molar-refractivity contribution in [2.45, 2.75) is 13.3 Å². The average Bonchev–Trinajstić information content (AvgIpc) is 2.20. The number of benzene rings is 1. The van der Waals surface area contributed by atoms with Crippen molar-refractivity contribution in [3.05, 3.63) is 33.9 Å². The lowest BCUT2D eigenvalue weighted by Crippen LogP contribution is -1.98. The number of nitro benzene ring substituents is 1. The van der Waals surface area contributed by atoms with Crippen LogP contribution in [0.3, 0.4) is 0 Å². The highest BCUT2D eigenvalue weighted by molar-refractivity contribution is 5.43. The Morgan fingerprint density at radius 3 is 2.93 bits per heavy atom. The molecule has 78 valence electrons. The molecule has 0 saturated carbocycles. The summed E-state index contributed by atoms with van der Waals surface area (Å²) in [4.78, 5) is 10.1. The van der Waals surface area contributed by atoms with Gasteiger partial charge in [0, 0.05) is 12.5 Å². The van der Waals surface area contributed by atoms with Crippen molar-refractivity contribution in [3.63, 3.8) is 0 Å². The zero-order chi connectivity index (χ0) is 11.3. The topological polar surface area (TPSA) is 52.4 Å². The third kappa shape index (κ3) is 2.99. The predicted molar refractivity (Wildman–Crippen MR) is 56.8 cm³/mol. The van der Waals surface area contributed by atoms with Gasteiger partial charge in [-0.05, 0) is 18.6 Å². The van der Waals surface area contributed by atoms with E-state index in [0.717, 1.165) is 5.56 Å². The minimum absolute atomic E-state index is 0.0244. The smallest absolute Gasteiger partial charge is 0.273 e. The van der Waals surface area contributed by atoms with Crippen LogP contribution in [0.15, 0.2) is 18.2 Å². The van der Waals surface area contributed by atoms with E-state index in [4.69, 9.17) is 11.2 Å². The van der Waals surface area contributed by atoms with E-state index >= 15 is 0 Å². The molecule has 0 amide bonds. The fraction of sp³-hybridized carbons (Fsp3) is 0.273. The number of aryl methyl sites for hydroxylation is 1. The molecule has 4 heteroatoms. The van der Waals surface area contributed by atoms with Crippen molar-refractivity contribution in [3.8, 4) is 18.1 Å². The highest BCUT2D eigenvalue weighted by atomic mass is 16.6. The molecule has 0 aliphatic rings. The maximum Gasteiger partial charge on any atom is 0.273 e. The molecule has 0 fully saturated rings. The van der Waals surface area contributed by atoms with E-state index in [1.54, 1.807) is 6.07 Å². The summed E-state index contributed by atoms with van der Waals surface area (Å²) in [6, 6.07) is 4.51. The van der Waals surface area contributed by atoms with Crippen LogP contribution in [0.2, 0.25) is 0 Å². The Kier molecular flexibility index (Phi) is 3.69. The zero-order valence-electron chi connectivity index (χ0n) is 8.40. The second-order valence-electron chi connectivity index (χ2n) is 3.01. The quantitative estimate of drug-likeness (QED) is 0.328. The number of rotatable bonds is 4. The van der Waals surface area contributed by atoms with Gasteiger partial charge < -0.3 is 4.74 Å². The lowest BCUT2D eigenvalue weighted by molar-refractivity contribution is -0.384. The van der Waals surface area contributed by atoms with E-state index < -0.39 is 4.92 Å². The van der Waals surface area contributed by atoms with Gasteiger partial charge in [0.05, 0.1) is 17.6 Å². The number of non-ortho nitro benzene ring substituents is 1. The summed E-state index contributed by atoms with van der Waals surface area (Å²) in [5.74, 6) is 2.95. The molecule has 0 aliphatic heterocycles. The molecular formula is C11H11NO3. The lowest BCUT2D eigenvalue weighted by atomic mass is 10.2. The van der Waals surface area contributed by atoms with Gasteiger partial charge in [-0.25, -0.2) is 0 Å². The molecule has 0 atom stereocenters. The molecule has 0 saturated heterocycles. The van der Waals surface area contributed by atoms with E-state index in [9.17, 15) is 10.1 Å². The molecular weight excluding hydrogens is 194 g/mol. The van der Waals surface area contributed by atoms with Gasteiger partial charge in [-0.3, -0.25) is 10.1 Å². The SMILES string of the molecule is C#CCCOc1cc([N+](=O)[O-])ccc1C. The Labute approximate surface area is 88.0 Å². The van der Waals surface area contributed by atoms with E-state index in [-0.39, 0.29) is 5.69 Å². The largest absolute Gasteiger partial charge is 0.492 e. The van der Waals surface area contributed by atoms with Gasteiger partial charge in [-0.15, -0.1) is 12.3 Å². The van der Waals surface area contributed by atoms with Crippen LogP contribution in [0.5, 0.6) is 5.75 Å². The summed E-state index contributed by atoms with van der Waals surface area (Å²) >= 11 is 0. The average molecular weight is 205 g/mol. The van der Waals surface area contributed by atoms with Gasteiger partial charge in [0.15, 0.2) is 0 Å². The molecule has 0 aromatic heterocycles. The summed E-state index contributed by atoms with van der Waals surface area (Å²) in [5, 5.41) is 10.5. The highest BCUT2D eigenvalue weighted by Crippen LogP contribution is 2.23. The van der Waals surface area contributed by atoms with E-state index in [1.807, 2.05) is 6.92 Å². The van der Waals surface area contributed by atoms with Crippen LogP contribution in [-0.2, 0) is 0 Å².